The van der Waals surface area contributed by atoms with Gasteiger partial charge in [-0.05, 0) is 51.3 Å². The van der Waals surface area contributed by atoms with Gasteiger partial charge in [0.05, 0.1) is 0 Å². The molecule has 0 aliphatic heterocycles. The maximum Gasteiger partial charge on any atom is 0.160 e. The van der Waals surface area contributed by atoms with E-state index in [1.807, 2.05) is 27.0 Å². The van der Waals surface area contributed by atoms with E-state index in [-0.39, 0.29) is 5.54 Å². The van der Waals surface area contributed by atoms with E-state index in [9.17, 15) is 0 Å². The first-order valence-electron chi connectivity index (χ1n) is 8.48. The monoisotopic (exact) mass is 322 g/mol. The second-order valence-corrected chi connectivity index (χ2v) is 7.44. The Morgan fingerprint density at radius 3 is 2.42 bits per heavy atom. The normalized spacial score (nSPS) is 12.0. The lowest BCUT2D eigenvalue weighted by Crippen LogP contribution is -2.37. The molecule has 1 aromatic carbocycles. The van der Waals surface area contributed by atoms with Gasteiger partial charge in [-0.25, -0.2) is 9.97 Å². The molecular formula is C20H26N4. The number of aromatic nitrogens is 3. The Hall–Kier alpha value is -2.20. The minimum absolute atomic E-state index is 0.307. The lowest BCUT2D eigenvalue weighted by molar-refractivity contribution is 0.430. The molecule has 3 rings (SSSR count). The van der Waals surface area contributed by atoms with Crippen LogP contribution in [0, 0.1) is 13.8 Å². The summed E-state index contributed by atoms with van der Waals surface area (Å²) in [6, 6.07) is 10.8. The molecule has 2 N–H and O–H groups in total. The van der Waals surface area contributed by atoms with E-state index in [0.29, 0.717) is 6.54 Å². The fraction of sp³-hybridized carbons (Fsp3) is 0.400. The number of benzene rings is 1. The van der Waals surface area contributed by atoms with Crippen LogP contribution in [0.5, 0.6) is 0 Å². The van der Waals surface area contributed by atoms with Gasteiger partial charge < -0.3 is 10.3 Å². The molecule has 0 bridgehead atoms. The van der Waals surface area contributed by atoms with Gasteiger partial charge in [-0.1, -0.05) is 29.8 Å². The number of aryl methyl sites for hydroxylation is 4. The predicted molar refractivity (Wildman–Crippen MR) is 99.1 cm³/mol. The molecule has 0 saturated heterocycles. The molecule has 2 heterocycles. The minimum atomic E-state index is -0.307. The van der Waals surface area contributed by atoms with E-state index in [1.165, 1.54) is 11.1 Å². The molecule has 0 saturated carbocycles. The third-order valence-corrected chi connectivity index (χ3v) is 4.12. The Morgan fingerprint density at radius 1 is 1.04 bits per heavy atom. The van der Waals surface area contributed by atoms with Crippen LogP contribution in [-0.2, 0) is 19.4 Å². The molecule has 126 valence electrons. The molecule has 4 nitrogen and oxygen atoms in total. The highest BCUT2D eigenvalue weighted by Gasteiger charge is 2.18. The number of nitrogens with zero attached hydrogens (tertiary/aromatic N) is 3. The van der Waals surface area contributed by atoms with Gasteiger partial charge in [0.25, 0.3) is 0 Å². The van der Waals surface area contributed by atoms with Crippen LogP contribution in [0.15, 0.2) is 36.5 Å². The highest BCUT2D eigenvalue weighted by atomic mass is 15.1. The van der Waals surface area contributed by atoms with Crippen LogP contribution in [-0.4, -0.2) is 20.1 Å². The molecule has 0 aliphatic rings. The van der Waals surface area contributed by atoms with Crippen molar-refractivity contribution in [3.8, 4) is 0 Å². The highest BCUT2D eigenvalue weighted by molar-refractivity contribution is 5.72. The fourth-order valence-electron chi connectivity index (χ4n) is 2.93. The van der Waals surface area contributed by atoms with Crippen LogP contribution in [0.4, 0.5) is 0 Å². The van der Waals surface area contributed by atoms with Crippen molar-refractivity contribution in [2.75, 3.05) is 0 Å². The molecule has 0 atom stereocenters. The SMILES string of the molecule is Cc1ccc(CCc2nc3cc(C)cnc3n2CC(C)(C)N)cc1. The number of pyridine rings is 1. The molecule has 3 aromatic rings. The van der Waals surface area contributed by atoms with Crippen LogP contribution in [0.2, 0.25) is 0 Å². The number of hydrogen-bond acceptors (Lipinski definition) is 3. The minimum Gasteiger partial charge on any atom is -0.324 e. The van der Waals surface area contributed by atoms with Gasteiger partial charge in [0.15, 0.2) is 5.65 Å². The topological polar surface area (TPSA) is 56.7 Å². The summed E-state index contributed by atoms with van der Waals surface area (Å²) in [5, 5.41) is 0. The Bertz CT molecular complexity index is 838. The summed E-state index contributed by atoms with van der Waals surface area (Å²) < 4.78 is 2.18. The standard InChI is InChI=1S/C20H26N4/c1-14-5-7-16(8-6-14)9-10-18-23-17-11-15(2)12-22-19(17)24(18)13-20(3,4)21/h5-8,11-12H,9-10,13,21H2,1-4H3. The largest absolute Gasteiger partial charge is 0.324 e. The van der Waals surface area contributed by atoms with Crippen molar-refractivity contribution < 1.29 is 0 Å². The molecule has 0 aliphatic carbocycles. The first kappa shape index (κ1) is 16.7. The van der Waals surface area contributed by atoms with Gasteiger partial charge in [-0.3, -0.25) is 0 Å². The number of rotatable bonds is 5. The van der Waals surface area contributed by atoms with Crippen molar-refractivity contribution in [3.63, 3.8) is 0 Å². The smallest absolute Gasteiger partial charge is 0.160 e. The fourth-order valence-corrected chi connectivity index (χ4v) is 2.93. The van der Waals surface area contributed by atoms with E-state index in [2.05, 4.69) is 46.8 Å². The molecule has 0 fully saturated rings. The van der Waals surface area contributed by atoms with Gasteiger partial charge in [0.1, 0.15) is 11.3 Å². The van der Waals surface area contributed by atoms with Gasteiger partial charge in [-0.15, -0.1) is 0 Å². The van der Waals surface area contributed by atoms with Crippen molar-refractivity contribution in [1.82, 2.24) is 14.5 Å². The van der Waals surface area contributed by atoms with Crippen molar-refractivity contribution in [1.29, 1.82) is 0 Å². The average Bonchev–Trinajstić information content (AvgIpc) is 2.82. The number of nitrogens with two attached hydrogens (primary N) is 1. The maximum absolute atomic E-state index is 6.26. The van der Waals surface area contributed by atoms with Gasteiger partial charge in [-0.2, -0.15) is 0 Å². The van der Waals surface area contributed by atoms with Gasteiger partial charge in [0.2, 0.25) is 0 Å². The van der Waals surface area contributed by atoms with Crippen LogP contribution < -0.4 is 5.73 Å². The first-order valence-corrected chi connectivity index (χ1v) is 8.48. The number of imidazole rings is 1. The van der Waals surface area contributed by atoms with E-state index >= 15 is 0 Å². The summed E-state index contributed by atoms with van der Waals surface area (Å²) in [6.07, 6.45) is 3.75. The molecular weight excluding hydrogens is 296 g/mol. The average molecular weight is 322 g/mol. The summed E-state index contributed by atoms with van der Waals surface area (Å²) in [4.78, 5) is 9.43. The molecule has 0 spiro atoms. The van der Waals surface area contributed by atoms with E-state index in [0.717, 1.165) is 35.4 Å². The van der Waals surface area contributed by atoms with E-state index < -0.39 is 0 Å². The summed E-state index contributed by atoms with van der Waals surface area (Å²) in [7, 11) is 0. The molecule has 0 amide bonds. The van der Waals surface area contributed by atoms with Crippen LogP contribution in [0.25, 0.3) is 11.2 Å². The van der Waals surface area contributed by atoms with Crippen molar-refractivity contribution >= 4 is 11.2 Å². The highest BCUT2D eigenvalue weighted by Crippen LogP contribution is 2.19. The van der Waals surface area contributed by atoms with E-state index in [1.54, 1.807) is 0 Å². The third kappa shape index (κ3) is 3.82. The molecule has 4 heteroatoms. The molecule has 0 radical (unpaired) electrons. The summed E-state index contributed by atoms with van der Waals surface area (Å²) in [6.45, 7) is 8.95. The second kappa shape index (κ2) is 6.36. The zero-order chi connectivity index (χ0) is 17.3. The Morgan fingerprint density at radius 2 is 1.75 bits per heavy atom. The van der Waals surface area contributed by atoms with E-state index in [4.69, 9.17) is 10.7 Å². The zero-order valence-electron chi connectivity index (χ0n) is 15.0. The van der Waals surface area contributed by atoms with Crippen LogP contribution >= 0.6 is 0 Å². The maximum atomic E-state index is 6.26. The molecule has 24 heavy (non-hydrogen) atoms. The quantitative estimate of drug-likeness (QED) is 0.781. The van der Waals surface area contributed by atoms with Crippen LogP contribution in [0.1, 0.15) is 36.4 Å². The molecule has 2 aromatic heterocycles. The van der Waals surface area contributed by atoms with Crippen LogP contribution in [0.3, 0.4) is 0 Å². The summed E-state index contributed by atoms with van der Waals surface area (Å²) in [5.41, 5.74) is 11.6. The Labute approximate surface area is 143 Å². The zero-order valence-corrected chi connectivity index (χ0v) is 15.0. The van der Waals surface area contributed by atoms with Crippen molar-refractivity contribution in [3.05, 3.63) is 59.0 Å². The number of fused-ring (bicyclic) bond motifs is 1. The Kier molecular flexibility index (Phi) is 4.41. The lowest BCUT2D eigenvalue weighted by Gasteiger charge is -2.21. The summed E-state index contributed by atoms with van der Waals surface area (Å²) in [5.74, 6) is 1.06. The van der Waals surface area contributed by atoms with Crippen molar-refractivity contribution in [2.45, 2.75) is 52.6 Å². The second-order valence-electron chi connectivity index (χ2n) is 7.44. The van der Waals surface area contributed by atoms with Crippen molar-refractivity contribution in [2.24, 2.45) is 5.73 Å². The van der Waals surface area contributed by atoms with Gasteiger partial charge in [0, 0.05) is 24.7 Å². The Balaban J connectivity index is 1.93. The summed E-state index contributed by atoms with van der Waals surface area (Å²) >= 11 is 0. The van der Waals surface area contributed by atoms with Gasteiger partial charge >= 0.3 is 0 Å². The predicted octanol–water partition coefficient (Wildman–Crippen LogP) is 3.57. The lowest BCUT2D eigenvalue weighted by atomic mass is 10.1. The first-order chi connectivity index (χ1) is 11.3. The number of hydrogen-bond donors (Lipinski definition) is 1. The molecule has 0 unspecified atom stereocenters. The third-order valence-electron chi connectivity index (χ3n) is 4.12.